The van der Waals surface area contributed by atoms with Crippen LogP contribution < -0.4 is 10.1 Å². The van der Waals surface area contributed by atoms with Gasteiger partial charge in [-0.1, -0.05) is 0 Å². The summed E-state index contributed by atoms with van der Waals surface area (Å²) in [5, 5.41) is 2.00. The first-order valence-electron chi connectivity index (χ1n) is 5.09. The summed E-state index contributed by atoms with van der Waals surface area (Å²) in [6.45, 7) is 2.99. The predicted molar refractivity (Wildman–Crippen MR) is 66.9 cm³/mol. The maximum Gasteiger partial charge on any atom is 0.221 e. The number of hydrogen-bond acceptors (Lipinski definition) is 3. The zero-order chi connectivity index (χ0) is 13.0. The maximum absolute atomic E-state index is 11.7. The number of methoxy groups -OCH3 is 1. The van der Waals surface area contributed by atoms with Gasteiger partial charge in [0.15, 0.2) is 5.78 Å². The fourth-order valence-corrected chi connectivity index (χ4v) is 1.50. The van der Waals surface area contributed by atoms with E-state index in [0.29, 0.717) is 17.0 Å². The highest BCUT2D eigenvalue weighted by Crippen LogP contribution is 2.26. The molecule has 17 heavy (non-hydrogen) atoms. The van der Waals surface area contributed by atoms with Crippen LogP contribution in [-0.2, 0) is 4.79 Å². The van der Waals surface area contributed by atoms with Crippen LogP contribution in [0.1, 0.15) is 24.2 Å². The summed E-state index contributed by atoms with van der Waals surface area (Å²) in [5.74, 6) is 0.0757. The number of anilines is 1. The van der Waals surface area contributed by atoms with Gasteiger partial charge < -0.3 is 10.1 Å². The highest BCUT2D eigenvalue weighted by atomic mass is 35.5. The van der Waals surface area contributed by atoms with Crippen LogP contribution in [-0.4, -0.2) is 24.2 Å². The van der Waals surface area contributed by atoms with Crippen LogP contribution in [0.3, 0.4) is 0 Å². The number of benzene rings is 1. The fourth-order valence-electron chi connectivity index (χ4n) is 1.38. The molecule has 1 aromatic carbocycles. The highest BCUT2D eigenvalue weighted by molar-refractivity contribution is 6.33. The van der Waals surface area contributed by atoms with Gasteiger partial charge >= 0.3 is 0 Å². The van der Waals surface area contributed by atoms with Crippen molar-refractivity contribution < 1.29 is 14.3 Å². The van der Waals surface area contributed by atoms with E-state index in [2.05, 4.69) is 5.32 Å². The van der Waals surface area contributed by atoms with Crippen molar-refractivity contribution in [3.8, 4) is 5.75 Å². The number of hydrogen-bond donors (Lipinski definition) is 1. The normalized spacial score (nSPS) is 11.8. The van der Waals surface area contributed by atoms with E-state index in [1.54, 1.807) is 25.1 Å². The third-order valence-corrected chi connectivity index (χ3v) is 2.35. The topological polar surface area (TPSA) is 55.4 Å². The summed E-state index contributed by atoms with van der Waals surface area (Å²) in [4.78, 5) is 22.7. The number of carbonyl (C=O) groups excluding carboxylic acids is 2. The number of ketones is 1. The number of carbonyl (C=O) groups is 2. The van der Waals surface area contributed by atoms with Crippen molar-refractivity contribution in [2.45, 2.75) is 19.2 Å². The minimum atomic E-state index is -0.603. The molecular formula is C12H14ClNO3. The van der Waals surface area contributed by atoms with Crippen molar-refractivity contribution in [3.05, 3.63) is 23.8 Å². The Hall–Kier alpha value is -1.55. The molecule has 1 atom stereocenters. The molecule has 0 aromatic heterocycles. The Labute approximate surface area is 105 Å². The third kappa shape index (κ3) is 3.46. The number of ether oxygens (including phenoxy) is 1. The van der Waals surface area contributed by atoms with Crippen LogP contribution in [0.25, 0.3) is 0 Å². The summed E-state index contributed by atoms with van der Waals surface area (Å²) in [7, 11) is 1.49. The van der Waals surface area contributed by atoms with Gasteiger partial charge in [-0.15, -0.1) is 11.6 Å². The highest BCUT2D eigenvalue weighted by Gasteiger charge is 2.15. The van der Waals surface area contributed by atoms with Gasteiger partial charge in [0, 0.05) is 12.5 Å². The molecule has 0 spiro atoms. The summed E-state index contributed by atoms with van der Waals surface area (Å²) in [5.41, 5.74) is 0.903. The number of rotatable bonds is 4. The van der Waals surface area contributed by atoms with E-state index >= 15 is 0 Å². The number of amides is 1. The Bertz CT molecular complexity index is 443. The van der Waals surface area contributed by atoms with Gasteiger partial charge in [0.1, 0.15) is 5.75 Å². The van der Waals surface area contributed by atoms with E-state index in [9.17, 15) is 9.59 Å². The molecule has 5 heteroatoms. The molecule has 1 rings (SSSR count). The number of Topliss-reactive ketones (excluding diaryl/α,β-unsaturated/α-hetero) is 1. The van der Waals surface area contributed by atoms with E-state index in [1.165, 1.54) is 14.0 Å². The minimum absolute atomic E-state index is 0.194. The second-order valence-electron chi connectivity index (χ2n) is 3.58. The summed E-state index contributed by atoms with van der Waals surface area (Å²) >= 11 is 5.73. The van der Waals surface area contributed by atoms with E-state index in [1.807, 2.05) is 0 Å². The maximum atomic E-state index is 11.7. The number of halogens is 1. The van der Waals surface area contributed by atoms with E-state index in [4.69, 9.17) is 16.3 Å². The molecule has 92 valence electrons. The lowest BCUT2D eigenvalue weighted by molar-refractivity contribution is -0.114. The Balaban J connectivity index is 3.12. The van der Waals surface area contributed by atoms with E-state index in [-0.39, 0.29) is 11.7 Å². The van der Waals surface area contributed by atoms with Crippen LogP contribution in [0.15, 0.2) is 18.2 Å². The predicted octanol–water partition coefficient (Wildman–Crippen LogP) is 2.46. The number of alkyl halides is 1. The molecule has 0 saturated carbocycles. The molecule has 1 N–H and O–H groups in total. The first kappa shape index (κ1) is 13.5. The molecule has 1 amide bonds. The third-order valence-electron chi connectivity index (χ3n) is 2.16. The van der Waals surface area contributed by atoms with Crippen LogP contribution >= 0.6 is 11.6 Å². The summed E-state index contributed by atoms with van der Waals surface area (Å²) in [6, 6.07) is 4.80. The van der Waals surface area contributed by atoms with Gasteiger partial charge in [-0.05, 0) is 25.1 Å². The Kier molecular flexibility index (Phi) is 4.52. The average molecular weight is 256 g/mol. The van der Waals surface area contributed by atoms with Crippen molar-refractivity contribution in [1.29, 1.82) is 0 Å². The van der Waals surface area contributed by atoms with Gasteiger partial charge in [0.25, 0.3) is 0 Å². The smallest absolute Gasteiger partial charge is 0.221 e. The first-order chi connectivity index (χ1) is 7.95. The zero-order valence-electron chi connectivity index (χ0n) is 9.91. The second-order valence-corrected chi connectivity index (χ2v) is 4.23. The molecule has 0 heterocycles. The van der Waals surface area contributed by atoms with Crippen molar-refractivity contribution >= 4 is 29.0 Å². The Morgan fingerprint density at radius 1 is 1.41 bits per heavy atom. The van der Waals surface area contributed by atoms with Crippen LogP contribution in [0.5, 0.6) is 5.75 Å². The first-order valence-corrected chi connectivity index (χ1v) is 5.53. The fraction of sp³-hybridized carbons (Fsp3) is 0.333. The monoisotopic (exact) mass is 255 g/mol. The molecule has 1 aromatic rings. The molecule has 0 fully saturated rings. The van der Waals surface area contributed by atoms with Gasteiger partial charge in [0.2, 0.25) is 5.91 Å². The van der Waals surface area contributed by atoms with E-state index in [0.717, 1.165) is 0 Å². The molecular weight excluding hydrogens is 242 g/mol. The average Bonchev–Trinajstić information content (AvgIpc) is 2.27. The molecule has 1 unspecified atom stereocenters. The SMILES string of the molecule is COc1ccc(C(=O)C(C)Cl)cc1NC(C)=O. The quantitative estimate of drug-likeness (QED) is 0.664. The summed E-state index contributed by atoms with van der Waals surface area (Å²) in [6.07, 6.45) is 0. The second kappa shape index (κ2) is 5.68. The molecule has 0 aliphatic carbocycles. The Morgan fingerprint density at radius 2 is 2.06 bits per heavy atom. The lowest BCUT2D eigenvalue weighted by atomic mass is 10.1. The van der Waals surface area contributed by atoms with Crippen molar-refractivity contribution in [1.82, 2.24) is 0 Å². The lowest BCUT2D eigenvalue weighted by Crippen LogP contribution is -2.12. The van der Waals surface area contributed by atoms with Crippen molar-refractivity contribution in [2.75, 3.05) is 12.4 Å². The van der Waals surface area contributed by atoms with Crippen LogP contribution in [0.2, 0.25) is 0 Å². The molecule has 0 aliphatic rings. The lowest BCUT2D eigenvalue weighted by Gasteiger charge is -2.11. The van der Waals surface area contributed by atoms with Gasteiger partial charge in [-0.2, -0.15) is 0 Å². The van der Waals surface area contributed by atoms with E-state index < -0.39 is 5.38 Å². The standard InChI is InChI=1S/C12H14ClNO3/c1-7(13)12(16)9-4-5-11(17-3)10(6-9)14-8(2)15/h4-7H,1-3H3,(H,14,15). The Morgan fingerprint density at radius 3 is 2.53 bits per heavy atom. The molecule has 4 nitrogen and oxygen atoms in total. The molecule has 0 radical (unpaired) electrons. The summed E-state index contributed by atoms with van der Waals surface area (Å²) < 4.78 is 5.08. The van der Waals surface area contributed by atoms with Gasteiger partial charge in [-0.3, -0.25) is 9.59 Å². The molecule has 0 aliphatic heterocycles. The van der Waals surface area contributed by atoms with Crippen molar-refractivity contribution in [3.63, 3.8) is 0 Å². The van der Waals surface area contributed by atoms with Crippen molar-refractivity contribution in [2.24, 2.45) is 0 Å². The van der Waals surface area contributed by atoms with Crippen LogP contribution in [0, 0.1) is 0 Å². The minimum Gasteiger partial charge on any atom is -0.495 e. The van der Waals surface area contributed by atoms with Gasteiger partial charge in [-0.25, -0.2) is 0 Å². The molecule has 0 saturated heterocycles. The zero-order valence-corrected chi connectivity index (χ0v) is 10.7. The van der Waals surface area contributed by atoms with Gasteiger partial charge in [0.05, 0.1) is 18.2 Å². The molecule has 0 bridgehead atoms. The largest absolute Gasteiger partial charge is 0.495 e. The van der Waals surface area contributed by atoms with Crippen LogP contribution in [0.4, 0.5) is 5.69 Å². The number of nitrogens with one attached hydrogen (secondary N) is 1.